The van der Waals surface area contributed by atoms with E-state index in [1.165, 1.54) is 0 Å². The maximum absolute atomic E-state index is 7.45. The molecule has 0 aromatic rings. The third-order valence-corrected chi connectivity index (χ3v) is 1.64. The van der Waals surface area contributed by atoms with Gasteiger partial charge in [-0.1, -0.05) is 13.8 Å². The maximum atomic E-state index is 7.45. The van der Waals surface area contributed by atoms with E-state index >= 15 is 0 Å². The molecule has 0 bridgehead atoms. The van der Waals surface area contributed by atoms with Crippen LogP contribution in [-0.4, -0.2) is 30.4 Å². The molecule has 0 aliphatic carbocycles. The summed E-state index contributed by atoms with van der Waals surface area (Å²) in [6.07, 6.45) is 1.03. The van der Waals surface area contributed by atoms with E-state index in [4.69, 9.17) is 16.9 Å². The van der Waals surface area contributed by atoms with Gasteiger partial charge in [-0.3, -0.25) is 5.41 Å². The molecule has 0 heterocycles. The van der Waals surface area contributed by atoms with Crippen LogP contribution in [0.25, 0.3) is 0 Å². The predicted molar refractivity (Wildman–Crippen MR) is 62.9 cm³/mol. The molecule has 0 aliphatic heterocycles. The van der Waals surface area contributed by atoms with Gasteiger partial charge in [-0.2, -0.15) is 4.99 Å². The van der Waals surface area contributed by atoms with Gasteiger partial charge in [0.2, 0.25) is 5.96 Å². The molecule has 0 fully saturated rings. The summed E-state index contributed by atoms with van der Waals surface area (Å²) >= 11 is 0. The van der Waals surface area contributed by atoms with Crippen LogP contribution in [0.1, 0.15) is 20.3 Å². The zero-order valence-electron chi connectivity index (χ0n) is 8.95. The first-order chi connectivity index (χ1) is 5.93. The van der Waals surface area contributed by atoms with Crippen molar-refractivity contribution in [1.29, 1.82) is 5.41 Å². The average Bonchev–Trinajstić information content (AvgIpc) is 1.98. The minimum atomic E-state index is -0.0682. The molecule has 5 N–H and O–H groups in total. The maximum Gasteiger partial charge on any atom is 0.220 e. The summed E-state index contributed by atoms with van der Waals surface area (Å²) in [5.41, 5.74) is 10.3. The number of guanidine groups is 2. The van der Waals surface area contributed by atoms with E-state index in [0.717, 1.165) is 13.0 Å². The Labute approximate surface area is 91.5 Å². The Balaban J connectivity index is 0. The van der Waals surface area contributed by atoms with Crippen molar-refractivity contribution < 1.29 is 0 Å². The molecule has 0 rings (SSSR count). The second kappa shape index (κ2) is 7.44. The molecule has 0 saturated heterocycles. The van der Waals surface area contributed by atoms with Gasteiger partial charge in [0.05, 0.1) is 0 Å². The van der Waals surface area contributed by atoms with Gasteiger partial charge in [-0.25, -0.2) is 0 Å². The third kappa shape index (κ3) is 7.67. The molecule has 5 nitrogen and oxygen atoms in total. The number of nitrogens with zero attached hydrogens (tertiary/aromatic N) is 2. The Hall–Kier alpha value is -0.970. The Morgan fingerprint density at radius 3 is 2.29 bits per heavy atom. The highest BCUT2D eigenvalue weighted by Gasteiger charge is 2.03. The van der Waals surface area contributed by atoms with E-state index in [9.17, 15) is 0 Å². The van der Waals surface area contributed by atoms with Crippen LogP contribution in [0.3, 0.4) is 0 Å². The highest BCUT2D eigenvalue weighted by Crippen LogP contribution is 2.00. The second-order valence-corrected chi connectivity index (χ2v) is 3.46. The average molecular weight is 222 g/mol. The number of nitrogens with two attached hydrogens (primary N) is 2. The number of aliphatic imine (C=N–C) groups is 1. The Morgan fingerprint density at radius 2 is 1.93 bits per heavy atom. The lowest BCUT2D eigenvalue weighted by atomic mass is 10.1. The molecular weight excluding hydrogens is 202 g/mol. The van der Waals surface area contributed by atoms with Crippen LogP contribution in [0.4, 0.5) is 0 Å². The predicted octanol–water partition coefficient (Wildman–Crippen LogP) is 0.594. The summed E-state index contributed by atoms with van der Waals surface area (Å²) in [7, 11) is 1.80. The Kier molecular flexibility index (Phi) is 8.23. The number of nitrogens with one attached hydrogen (secondary N) is 1. The molecule has 0 saturated carbocycles. The summed E-state index contributed by atoms with van der Waals surface area (Å²) in [5.74, 6) is 0.663. The molecule has 84 valence electrons. The Bertz CT molecular complexity index is 198. The van der Waals surface area contributed by atoms with Gasteiger partial charge < -0.3 is 16.4 Å². The summed E-state index contributed by atoms with van der Waals surface area (Å²) in [6.45, 7) is 5.07. The Morgan fingerprint density at radius 1 is 1.43 bits per heavy atom. The van der Waals surface area contributed by atoms with E-state index in [0.29, 0.717) is 5.92 Å². The quantitative estimate of drug-likeness (QED) is 0.481. The van der Waals surface area contributed by atoms with E-state index in [1.807, 2.05) is 0 Å². The van der Waals surface area contributed by atoms with Gasteiger partial charge in [-0.05, 0) is 12.3 Å². The SMILES string of the molecule is CC(C)CCN(C)C(=N)N=C(N)N.Cl. The molecule has 14 heavy (non-hydrogen) atoms. The second-order valence-electron chi connectivity index (χ2n) is 3.46. The first-order valence-corrected chi connectivity index (χ1v) is 4.32. The summed E-state index contributed by atoms with van der Waals surface area (Å²) in [4.78, 5) is 5.36. The fraction of sp³-hybridized carbons (Fsp3) is 0.750. The molecule has 0 unspecified atom stereocenters. The lowest BCUT2D eigenvalue weighted by Crippen LogP contribution is -2.31. The molecule has 0 amide bonds. The minimum Gasteiger partial charge on any atom is -0.370 e. The number of rotatable bonds is 3. The van der Waals surface area contributed by atoms with Gasteiger partial charge in [0.25, 0.3) is 0 Å². The molecule has 0 aliphatic rings. The molecule has 0 spiro atoms. The molecule has 0 aromatic heterocycles. The van der Waals surface area contributed by atoms with E-state index in [2.05, 4.69) is 18.8 Å². The number of halogens is 1. The fourth-order valence-electron chi connectivity index (χ4n) is 0.765. The summed E-state index contributed by atoms with van der Waals surface area (Å²) < 4.78 is 0. The van der Waals surface area contributed by atoms with Gasteiger partial charge in [0.1, 0.15) is 0 Å². The lowest BCUT2D eigenvalue weighted by Gasteiger charge is -2.17. The van der Waals surface area contributed by atoms with Crippen LogP contribution >= 0.6 is 12.4 Å². The minimum absolute atomic E-state index is 0. The van der Waals surface area contributed by atoms with Gasteiger partial charge in [-0.15, -0.1) is 12.4 Å². The largest absolute Gasteiger partial charge is 0.370 e. The molecule has 0 radical (unpaired) electrons. The van der Waals surface area contributed by atoms with E-state index in [-0.39, 0.29) is 24.3 Å². The smallest absolute Gasteiger partial charge is 0.220 e. The zero-order valence-corrected chi connectivity index (χ0v) is 9.77. The highest BCUT2D eigenvalue weighted by atomic mass is 35.5. The molecule has 0 atom stereocenters. The van der Waals surface area contributed by atoms with Crippen molar-refractivity contribution in [3.63, 3.8) is 0 Å². The van der Waals surface area contributed by atoms with Crippen molar-refractivity contribution in [3.8, 4) is 0 Å². The molecular formula is C8H20ClN5. The first-order valence-electron chi connectivity index (χ1n) is 4.32. The number of hydrogen-bond acceptors (Lipinski definition) is 1. The topological polar surface area (TPSA) is 91.5 Å². The summed E-state index contributed by atoms with van der Waals surface area (Å²) in [5, 5.41) is 7.45. The first kappa shape index (κ1) is 15.5. The van der Waals surface area contributed by atoms with Crippen LogP contribution in [0, 0.1) is 11.3 Å². The van der Waals surface area contributed by atoms with Crippen LogP contribution < -0.4 is 11.5 Å². The van der Waals surface area contributed by atoms with Gasteiger partial charge >= 0.3 is 0 Å². The van der Waals surface area contributed by atoms with Crippen LogP contribution in [0.5, 0.6) is 0 Å². The van der Waals surface area contributed by atoms with E-state index < -0.39 is 0 Å². The summed E-state index contributed by atoms with van der Waals surface area (Å²) in [6, 6.07) is 0. The highest BCUT2D eigenvalue weighted by molar-refractivity contribution is 5.91. The zero-order chi connectivity index (χ0) is 10.4. The lowest BCUT2D eigenvalue weighted by molar-refractivity contribution is 0.432. The van der Waals surface area contributed by atoms with Crippen molar-refractivity contribution in [2.45, 2.75) is 20.3 Å². The van der Waals surface area contributed by atoms with Gasteiger partial charge in [0, 0.05) is 13.6 Å². The van der Waals surface area contributed by atoms with Crippen LogP contribution in [0.15, 0.2) is 4.99 Å². The van der Waals surface area contributed by atoms with Crippen molar-refractivity contribution >= 4 is 24.3 Å². The van der Waals surface area contributed by atoms with Crippen molar-refractivity contribution in [1.82, 2.24) is 4.90 Å². The fourth-order valence-corrected chi connectivity index (χ4v) is 0.765. The number of hydrogen-bond donors (Lipinski definition) is 3. The standard InChI is InChI=1S/C8H19N5.ClH/c1-6(2)4-5-13(3)8(11)12-7(9)10;/h6H,4-5H2,1-3H3,(H5,9,10,11,12);1H. The van der Waals surface area contributed by atoms with Crippen molar-refractivity contribution in [3.05, 3.63) is 0 Å². The van der Waals surface area contributed by atoms with E-state index in [1.54, 1.807) is 11.9 Å². The van der Waals surface area contributed by atoms with Gasteiger partial charge in [0.15, 0.2) is 5.96 Å². The van der Waals surface area contributed by atoms with Crippen molar-refractivity contribution in [2.75, 3.05) is 13.6 Å². The van der Waals surface area contributed by atoms with Crippen LogP contribution in [0.2, 0.25) is 0 Å². The molecule has 6 heteroatoms. The van der Waals surface area contributed by atoms with Crippen LogP contribution in [-0.2, 0) is 0 Å². The third-order valence-electron chi connectivity index (χ3n) is 1.64. The monoisotopic (exact) mass is 221 g/mol. The molecule has 0 aromatic carbocycles. The van der Waals surface area contributed by atoms with Crippen molar-refractivity contribution in [2.24, 2.45) is 22.4 Å². The normalized spacial score (nSPS) is 9.14.